The second kappa shape index (κ2) is 3.27. The largest absolute Gasteiger partial charge is 0.298 e. The number of aldehydes is 1. The first-order valence-electron chi connectivity index (χ1n) is 3.33. The van der Waals surface area contributed by atoms with Gasteiger partial charge in [0.05, 0.1) is 17.8 Å². The van der Waals surface area contributed by atoms with Crippen molar-refractivity contribution in [2.75, 3.05) is 6.67 Å². The summed E-state index contributed by atoms with van der Waals surface area (Å²) >= 11 is 0. The van der Waals surface area contributed by atoms with E-state index in [0.29, 0.717) is 11.3 Å². The van der Waals surface area contributed by atoms with Crippen molar-refractivity contribution < 1.29 is 9.18 Å². The van der Waals surface area contributed by atoms with E-state index in [1.165, 1.54) is 4.68 Å². The summed E-state index contributed by atoms with van der Waals surface area (Å²) in [5.74, 6) is 0. The molecule has 0 bridgehead atoms. The Bertz CT molecular complexity index is 257. The van der Waals surface area contributed by atoms with Gasteiger partial charge in [-0.3, -0.25) is 9.48 Å². The van der Waals surface area contributed by atoms with Crippen LogP contribution in [0.15, 0.2) is 6.20 Å². The topological polar surface area (TPSA) is 34.9 Å². The zero-order valence-corrected chi connectivity index (χ0v) is 6.25. The van der Waals surface area contributed by atoms with Gasteiger partial charge in [-0.1, -0.05) is 0 Å². The number of halogens is 1. The second-order valence-corrected chi connectivity index (χ2v) is 2.24. The molecular weight excluding hydrogens is 147 g/mol. The van der Waals surface area contributed by atoms with Crippen molar-refractivity contribution in [3.05, 3.63) is 17.5 Å². The molecule has 0 unspecified atom stereocenters. The summed E-state index contributed by atoms with van der Waals surface area (Å²) in [6, 6.07) is 0. The number of nitrogens with zero attached hydrogens (tertiary/aromatic N) is 2. The zero-order valence-electron chi connectivity index (χ0n) is 6.25. The van der Waals surface area contributed by atoms with Crippen LogP contribution in [0.1, 0.15) is 16.1 Å². The molecule has 1 aromatic heterocycles. The Morgan fingerprint density at radius 2 is 2.55 bits per heavy atom. The van der Waals surface area contributed by atoms with E-state index in [1.807, 2.05) is 0 Å². The lowest BCUT2D eigenvalue weighted by atomic mass is 10.3. The number of aromatic nitrogens is 2. The molecule has 0 aliphatic carbocycles. The number of carbonyl (C=O) groups is 1. The van der Waals surface area contributed by atoms with Crippen molar-refractivity contribution in [3.8, 4) is 0 Å². The van der Waals surface area contributed by atoms with E-state index < -0.39 is 6.67 Å². The molecule has 0 spiro atoms. The molecule has 0 fully saturated rings. The van der Waals surface area contributed by atoms with E-state index in [9.17, 15) is 9.18 Å². The molecule has 0 radical (unpaired) electrons. The molecule has 0 N–H and O–H groups in total. The molecule has 0 aliphatic heterocycles. The standard InChI is InChI=1S/C7H9FN2O/c1-6-7(5-11)4-10(9-6)3-2-8/h4-5H,2-3H2,1H3. The van der Waals surface area contributed by atoms with Gasteiger partial charge in [0, 0.05) is 6.20 Å². The van der Waals surface area contributed by atoms with Gasteiger partial charge in [-0.15, -0.1) is 0 Å². The molecule has 0 aliphatic rings. The number of aryl methyl sites for hydroxylation is 2. The van der Waals surface area contributed by atoms with Crippen molar-refractivity contribution in [2.45, 2.75) is 13.5 Å². The fourth-order valence-electron chi connectivity index (χ4n) is 0.850. The highest BCUT2D eigenvalue weighted by Gasteiger charge is 2.01. The van der Waals surface area contributed by atoms with Gasteiger partial charge in [0.2, 0.25) is 0 Å². The minimum Gasteiger partial charge on any atom is -0.298 e. The molecule has 0 saturated carbocycles. The maximum atomic E-state index is 11.8. The lowest BCUT2D eigenvalue weighted by molar-refractivity contribution is 0.112. The quantitative estimate of drug-likeness (QED) is 0.611. The van der Waals surface area contributed by atoms with Gasteiger partial charge in [0.1, 0.15) is 6.67 Å². The summed E-state index contributed by atoms with van der Waals surface area (Å²) < 4.78 is 13.2. The molecule has 11 heavy (non-hydrogen) atoms. The first-order valence-corrected chi connectivity index (χ1v) is 3.33. The highest BCUT2D eigenvalue weighted by atomic mass is 19.1. The van der Waals surface area contributed by atoms with Crippen LogP contribution in [0, 0.1) is 6.92 Å². The van der Waals surface area contributed by atoms with Gasteiger partial charge in [-0.25, -0.2) is 4.39 Å². The van der Waals surface area contributed by atoms with Crippen molar-refractivity contribution in [1.29, 1.82) is 0 Å². The van der Waals surface area contributed by atoms with Crippen LogP contribution in [0.3, 0.4) is 0 Å². The first-order chi connectivity index (χ1) is 5.27. The van der Waals surface area contributed by atoms with Crippen LogP contribution in [0.2, 0.25) is 0 Å². The van der Waals surface area contributed by atoms with Crippen LogP contribution in [-0.2, 0) is 6.54 Å². The third-order valence-electron chi connectivity index (χ3n) is 1.42. The lowest BCUT2D eigenvalue weighted by Crippen LogP contribution is -1.99. The number of hydrogen-bond donors (Lipinski definition) is 0. The maximum absolute atomic E-state index is 11.8. The van der Waals surface area contributed by atoms with Crippen molar-refractivity contribution in [1.82, 2.24) is 9.78 Å². The average Bonchev–Trinajstić information content (AvgIpc) is 2.32. The molecule has 1 aromatic rings. The average molecular weight is 156 g/mol. The predicted molar refractivity (Wildman–Crippen MR) is 38.3 cm³/mol. The molecule has 0 amide bonds. The van der Waals surface area contributed by atoms with E-state index in [4.69, 9.17) is 0 Å². The van der Waals surface area contributed by atoms with Crippen LogP contribution in [0.25, 0.3) is 0 Å². The molecule has 60 valence electrons. The van der Waals surface area contributed by atoms with Crippen molar-refractivity contribution in [3.63, 3.8) is 0 Å². The minimum absolute atomic E-state index is 0.217. The Balaban J connectivity index is 2.86. The van der Waals surface area contributed by atoms with Crippen molar-refractivity contribution >= 4 is 6.29 Å². The Kier molecular flexibility index (Phi) is 2.36. The summed E-state index contributed by atoms with van der Waals surface area (Å²) in [6.45, 7) is 1.48. The number of rotatable bonds is 3. The normalized spacial score (nSPS) is 10.0. The molecule has 1 heterocycles. The lowest BCUT2D eigenvalue weighted by Gasteiger charge is -1.91. The Morgan fingerprint density at radius 3 is 3.00 bits per heavy atom. The van der Waals surface area contributed by atoms with Gasteiger partial charge in [0.15, 0.2) is 6.29 Å². The summed E-state index contributed by atoms with van der Waals surface area (Å²) in [4.78, 5) is 10.3. The van der Waals surface area contributed by atoms with E-state index in [1.54, 1.807) is 13.1 Å². The SMILES string of the molecule is Cc1nn(CCF)cc1C=O. The molecule has 0 saturated heterocycles. The Labute approximate surface area is 63.8 Å². The summed E-state index contributed by atoms with van der Waals surface area (Å²) in [5.41, 5.74) is 1.17. The van der Waals surface area contributed by atoms with Gasteiger partial charge in [0.25, 0.3) is 0 Å². The highest BCUT2D eigenvalue weighted by Crippen LogP contribution is 2.01. The molecule has 0 atom stereocenters. The maximum Gasteiger partial charge on any atom is 0.153 e. The van der Waals surface area contributed by atoms with Crippen LogP contribution in [0.5, 0.6) is 0 Å². The Morgan fingerprint density at radius 1 is 1.82 bits per heavy atom. The van der Waals surface area contributed by atoms with Crippen LogP contribution in [0.4, 0.5) is 4.39 Å². The summed E-state index contributed by atoms with van der Waals surface area (Å²) in [6.07, 6.45) is 2.26. The third kappa shape index (κ3) is 1.63. The number of alkyl halides is 1. The predicted octanol–water partition coefficient (Wildman–Crippen LogP) is 0.974. The fourth-order valence-corrected chi connectivity index (χ4v) is 0.850. The van der Waals surface area contributed by atoms with Gasteiger partial charge < -0.3 is 0 Å². The Hall–Kier alpha value is -1.19. The van der Waals surface area contributed by atoms with Crippen molar-refractivity contribution in [2.24, 2.45) is 0 Å². The number of carbonyl (C=O) groups excluding carboxylic acids is 1. The van der Waals surface area contributed by atoms with Gasteiger partial charge in [-0.2, -0.15) is 5.10 Å². The monoisotopic (exact) mass is 156 g/mol. The third-order valence-corrected chi connectivity index (χ3v) is 1.42. The number of hydrogen-bond acceptors (Lipinski definition) is 2. The smallest absolute Gasteiger partial charge is 0.153 e. The highest BCUT2D eigenvalue weighted by molar-refractivity contribution is 5.75. The summed E-state index contributed by atoms with van der Waals surface area (Å²) in [5, 5.41) is 3.92. The van der Waals surface area contributed by atoms with E-state index in [0.717, 1.165) is 6.29 Å². The molecule has 4 heteroatoms. The van der Waals surface area contributed by atoms with Gasteiger partial charge >= 0.3 is 0 Å². The zero-order chi connectivity index (χ0) is 8.27. The summed E-state index contributed by atoms with van der Waals surface area (Å²) in [7, 11) is 0. The molecular formula is C7H9FN2O. The van der Waals surface area contributed by atoms with E-state index >= 15 is 0 Å². The fraction of sp³-hybridized carbons (Fsp3) is 0.429. The van der Waals surface area contributed by atoms with Gasteiger partial charge in [-0.05, 0) is 6.92 Å². The molecule has 3 nitrogen and oxygen atoms in total. The van der Waals surface area contributed by atoms with Crippen LogP contribution >= 0.6 is 0 Å². The minimum atomic E-state index is -0.459. The molecule has 1 rings (SSSR count). The molecule has 0 aromatic carbocycles. The van der Waals surface area contributed by atoms with Crippen LogP contribution in [-0.4, -0.2) is 22.7 Å². The van der Waals surface area contributed by atoms with E-state index in [-0.39, 0.29) is 6.54 Å². The second-order valence-electron chi connectivity index (χ2n) is 2.24. The first kappa shape index (κ1) is 7.91. The van der Waals surface area contributed by atoms with E-state index in [2.05, 4.69) is 5.10 Å². The van der Waals surface area contributed by atoms with Crippen LogP contribution < -0.4 is 0 Å².